The summed E-state index contributed by atoms with van der Waals surface area (Å²) in [6.07, 6.45) is 17.5. The summed E-state index contributed by atoms with van der Waals surface area (Å²) in [5.74, 6) is -0.795. The van der Waals surface area contributed by atoms with Crippen molar-refractivity contribution in [2.24, 2.45) is 0 Å². The zero-order valence-electron chi connectivity index (χ0n) is 12.6. The van der Waals surface area contributed by atoms with E-state index in [2.05, 4.69) is 0 Å². The molecule has 0 bridgehead atoms. The number of hydrogen-bond acceptors (Lipinski definition) is 3. The van der Waals surface area contributed by atoms with Crippen molar-refractivity contribution < 1.29 is 14.3 Å². The molecule has 3 nitrogen and oxygen atoms in total. The third-order valence-corrected chi connectivity index (χ3v) is 3.68. The first-order valence-corrected chi connectivity index (χ1v) is 8.17. The van der Waals surface area contributed by atoms with E-state index in [0.29, 0.717) is 6.42 Å². The summed E-state index contributed by atoms with van der Waals surface area (Å²) in [5, 5.41) is 0. The second-order valence-corrected chi connectivity index (χ2v) is 5.60. The fraction of sp³-hybridized carbons (Fsp3) is 0.765. The van der Waals surface area contributed by atoms with Gasteiger partial charge in [0, 0.05) is 6.42 Å². The van der Waals surface area contributed by atoms with E-state index in [1.807, 2.05) is 12.2 Å². The van der Waals surface area contributed by atoms with Gasteiger partial charge in [0.25, 0.3) is 0 Å². The number of ether oxygens (including phenoxy) is 1. The third-order valence-electron chi connectivity index (χ3n) is 3.68. The topological polar surface area (TPSA) is 43.4 Å². The van der Waals surface area contributed by atoms with Gasteiger partial charge in [-0.25, -0.2) is 0 Å². The Kier molecular flexibility index (Phi) is 9.89. The summed E-state index contributed by atoms with van der Waals surface area (Å²) in [6.45, 7) is 0. The lowest BCUT2D eigenvalue weighted by atomic mass is 10.0. The van der Waals surface area contributed by atoms with Gasteiger partial charge in [-0.1, -0.05) is 63.5 Å². The van der Waals surface area contributed by atoms with Crippen molar-refractivity contribution >= 4 is 11.9 Å². The van der Waals surface area contributed by atoms with Crippen LogP contribution in [0.3, 0.4) is 0 Å². The molecule has 1 aliphatic heterocycles. The first-order valence-electron chi connectivity index (χ1n) is 8.17. The van der Waals surface area contributed by atoms with Gasteiger partial charge in [-0.3, -0.25) is 9.59 Å². The first-order chi connectivity index (χ1) is 9.79. The molecule has 0 aromatic carbocycles. The van der Waals surface area contributed by atoms with Crippen LogP contribution in [0.5, 0.6) is 0 Å². The second-order valence-electron chi connectivity index (χ2n) is 5.60. The highest BCUT2D eigenvalue weighted by atomic mass is 16.6. The van der Waals surface area contributed by atoms with Crippen LogP contribution in [-0.2, 0) is 14.3 Å². The van der Waals surface area contributed by atoms with Crippen molar-refractivity contribution in [1.29, 1.82) is 0 Å². The van der Waals surface area contributed by atoms with Crippen molar-refractivity contribution in [3.05, 3.63) is 12.2 Å². The molecule has 0 fully saturated rings. The van der Waals surface area contributed by atoms with Crippen LogP contribution in [0.4, 0.5) is 0 Å². The number of carbonyl (C=O) groups is 2. The summed E-state index contributed by atoms with van der Waals surface area (Å²) in [5.41, 5.74) is 0. The molecular weight excluding hydrogens is 252 g/mol. The summed E-state index contributed by atoms with van der Waals surface area (Å²) in [6, 6.07) is 0. The van der Waals surface area contributed by atoms with Crippen LogP contribution in [0.1, 0.15) is 83.5 Å². The molecule has 0 atom stereocenters. The third kappa shape index (κ3) is 9.76. The number of hydrogen-bond donors (Lipinski definition) is 0. The predicted octanol–water partition coefficient (Wildman–Crippen LogP) is 4.70. The van der Waals surface area contributed by atoms with E-state index in [0.717, 1.165) is 19.3 Å². The van der Waals surface area contributed by atoms with Gasteiger partial charge in [0.1, 0.15) is 0 Å². The lowest BCUT2D eigenvalue weighted by Gasteiger charge is -2.04. The molecule has 0 N–H and O–H groups in total. The lowest BCUT2D eigenvalue weighted by Crippen LogP contribution is -2.11. The Balaban J connectivity index is 2.28. The number of carbonyl (C=O) groups excluding carboxylic acids is 2. The van der Waals surface area contributed by atoms with Gasteiger partial charge in [0.15, 0.2) is 0 Å². The molecule has 0 aromatic heterocycles. The minimum absolute atomic E-state index is 0.214. The Morgan fingerprint density at radius 3 is 1.85 bits per heavy atom. The van der Waals surface area contributed by atoms with Gasteiger partial charge in [-0.05, 0) is 19.3 Å². The van der Waals surface area contributed by atoms with Gasteiger partial charge < -0.3 is 4.74 Å². The van der Waals surface area contributed by atoms with E-state index in [9.17, 15) is 9.59 Å². The lowest BCUT2D eigenvalue weighted by molar-refractivity contribution is -0.159. The van der Waals surface area contributed by atoms with Gasteiger partial charge >= 0.3 is 11.9 Å². The molecule has 1 heterocycles. The van der Waals surface area contributed by atoms with Crippen LogP contribution in [0, 0.1) is 0 Å². The Hall–Kier alpha value is -1.12. The number of allylic oxidation sites excluding steroid dienone is 1. The van der Waals surface area contributed by atoms with Crippen molar-refractivity contribution in [1.82, 2.24) is 0 Å². The van der Waals surface area contributed by atoms with E-state index < -0.39 is 5.97 Å². The van der Waals surface area contributed by atoms with E-state index in [1.165, 1.54) is 51.4 Å². The molecule has 0 radical (unpaired) electrons. The summed E-state index contributed by atoms with van der Waals surface area (Å²) in [7, 11) is 0. The average Bonchev–Trinajstić information content (AvgIpc) is 2.42. The van der Waals surface area contributed by atoms with Crippen LogP contribution in [0.25, 0.3) is 0 Å². The van der Waals surface area contributed by atoms with Gasteiger partial charge in [0.05, 0.1) is 6.42 Å². The Morgan fingerprint density at radius 2 is 1.20 bits per heavy atom. The van der Waals surface area contributed by atoms with Crippen LogP contribution in [-0.4, -0.2) is 11.9 Å². The van der Waals surface area contributed by atoms with Crippen LogP contribution >= 0.6 is 0 Å². The molecule has 3 heteroatoms. The van der Waals surface area contributed by atoms with Crippen molar-refractivity contribution in [3.8, 4) is 0 Å². The number of cyclic esters (lactones) is 2. The molecule has 1 aliphatic rings. The Morgan fingerprint density at radius 1 is 0.650 bits per heavy atom. The maximum Gasteiger partial charge on any atom is 0.317 e. The average molecular weight is 280 g/mol. The zero-order valence-corrected chi connectivity index (χ0v) is 12.6. The summed E-state index contributed by atoms with van der Waals surface area (Å²) < 4.78 is 4.77. The van der Waals surface area contributed by atoms with Crippen molar-refractivity contribution in [3.63, 3.8) is 0 Å². The van der Waals surface area contributed by atoms with Crippen LogP contribution < -0.4 is 0 Å². The maximum atomic E-state index is 11.4. The highest BCUT2D eigenvalue weighted by molar-refractivity contribution is 5.86. The molecule has 0 saturated carbocycles. The highest BCUT2D eigenvalue weighted by Gasteiger charge is 2.08. The van der Waals surface area contributed by atoms with Crippen LogP contribution in [0.2, 0.25) is 0 Å². The Labute approximate surface area is 122 Å². The molecular formula is C17H28O3. The van der Waals surface area contributed by atoms with Gasteiger partial charge in [-0.15, -0.1) is 0 Å². The van der Waals surface area contributed by atoms with Crippen LogP contribution in [0.15, 0.2) is 12.2 Å². The van der Waals surface area contributed by atoms with Crippen molar-refractivity contribution in [2.45, 2.75) is 83.5 Å². The number of rotatable bonds is 0. The molecule has 20 heavy (non-hydrogen) atoms. The number of esters is 2. The minimum Gasteiger partial charge on any atom is -0.393 e. The zero-order chi connectivity index (χ0) is 14.5. The Bertz CT molecular complexity index is 307. The normalized spacial score (nSPS) is 23.4. The molecule has 0 aromatic rings. The van der Waals surface area contributed by atoms with E-state index in [-0.39, 0.29) is 12.4 Å². The quantitative estimate of drug-likeness (QED) is 0.367. The SMILES string of the molecule is O=C1C/C=C\CCCCCCCCCCCCC(=O)O1. The van der Waals surface area contributed by atoms with Crippen molar-refractivity contribution in [2.75, 3.05) is 0 Å². The molecule has 0 aliphatic carbocycles. The van der Waals surface area contributed by atoms with E-state index in [4.69, 9.17) is 4.74 Å². The monoisotopic (exact) mass is 280 g/mol. The largest absolute Gasteiger partial charge is 0.393 e. The smallest absolute Gasteiger partial charge is 0.317 e. The molecule has 114 valence electrons. The predicted molar refractivity (Wildman–Crippen MR) is 80.3 cm³/mol. The standard InChI is InChI=1S/C17H28O3/c18-16-14-12-10-8-6-4-2-1-3-5-7-9-11-13-15-17(19)20-16/h10,12H,1-9,11,13-15H2/b12-10-. The summed E-state index contributed by atoms with van der Waals surface area (Å²) >= 11 is 0. The van der Waals surface area contributed by atoms with E-state index >= 15 is 0 Å². The van der Waals surface area contributed by atoms with Gasteiger partial charge in [-0.2, -0.15) is 0 Å². The first kappa shape index (κ1) is 16.9. The highest BCUT2D eigenvalue weighted by Crippen LogP contribution is 2.12. The molecule has 0 spiro atoms. The minimum atomic E-state index is -0.424. The fourth-order valence-corrected chi connectivity index (χ4v) is 2.46. The molecule has 0 saturated heterocycles. The van der Waals surface area contributed by atoms with E-state index in [1.54, 1.807) is 0 Å². The molecule has 0 unspecified atom stereocenters. The summed E-state index contributed by atoms with van der Waals surface area (Å²) in [4.78, 5) is 22.8. The van der Waals surface area contributed by atoms with Gasteiger partial charge in [0.2, 0.25) is 0 Å². The second kappa shape index (κ2) is 11.7. The maximum absolute atomic E-state index is 11.4. The molecule has 1 rings (SSSR count). The fourth-order valence-electron chi connectivity index (χ4n) is 2.46. The molecule has 0 amide bonds.